The molecule has 1 aliphatic heterocycles. The number of nitrogens with zero attached hydrogens (tertiary/aromatic N) is 1. The quantitative estimate of drug-likeness (QED) is 0.698. The van der Waals surface area contributed by atoms with Crippen LogP contribution in [0.15, 0.2) is 34.7 Å². The standard InChI is InChI=1S/C15H14N2O3S/c1-2-12-6-11(8-21-12)15(18)17-16-7-10-3-4-13-14(5-10)20-9-19-13/h3-8H,2,9H2,1H3,(H,17,18)/b16-7+. The summed E-state index contributed by atoms with van der Waals surface area (Å²) in [5.74, 6) is 1.21. The molecule has 0 saturated heterocycles. The molecular weight excluding hydrogens is 288 g/mol. The van der Waals surface area contributed by atoms with Crippen LogP contribution in [0, 0.1) is 0 Å². The summed E-state index contributed by atoms with van der Waals surface area (Å²) < 4.78 is 10.5. The number of hydrazone groups is 1. The Kier molecular flexibility index (Phi) is 3.87. The van der Waals surface area contributed by atoms with Crippen molar-refractivity contribution in [3.8, 4) is 11.5 Å². The predicted octanol–water partition coefficient (Wildman–Crippen LogP) is 2.80. The minimum atomic E-state index is -0.206. The Labute approximate surface area is 126 Å². The summed E-state index contributed by atoms with van der Waals surface area (Å²) in [5, 5.41) is 5.80. The van der Waals surface area contributed by atoms with Crippen LogP contribution in [0.2, 0.25) is 0 Å². The number of aryl methyl sites for hydroxylation is 1. The third-order valence-corrected chi connectivity index (χ3v) is 4.12. The van der Waals surface area contributed by atoms with Crippen molar-refractivity contribution in [1.82, 2.24) is 5.43 Å². The number of nitrogens with one attached hydrogen (secondary N) is 1. The van der Waals surface area contributed by atoms with Gasteiger partial charge in [-0.05, 0) is 36.2 Å². The maximum absolute atomic E-state index is 11.9. The fourth-order valence-corrected chi connectivity index (χ4v) is 2.72. The fourth-order valence-electron chi connectivity index (χ4n) is 1.91. The van der Waals surface area contributed by atoms with Gasteiger partial charge in [-0.2, -0.15) is 5.10 Å². The Hall–Kier alpha value is -2.34. The van der Waals surface area contributed by atoms with Gasteiger partial charge in [0.05, 0.1) is 11.8 Å². The van der Waals surface area contributed by atoms with Gasteiger partial charge in [0.2, 0.25) is 6.79 Å². The van der Waals surface area contributed by atoms with E-state index in [0.717, 1.165) is 17.7 Å². The van der Waals surface area contributed by atoms with Crippen molar-refractivity contribution >= 4 is 23.5 Å². The monoisotopic (exact) mass is 302 g/mol. The van der Waals surface area contributed by atoms with Gasteiger partial charge in [0.25, 0.3) is 5.91 Å². The molecule has 6 heteroatoms. The number of hydrogen-bond acceptors (Lipinski definition) is 5. The summed E-state index contributed by atoms with van der Waals surface area (Å²) >= 11 is 1.58. The third kappa shape index (κ3) is 3.05. The molecule has 2 aromatic rings. The van der Waals surface area contributed by atoms with E-state index in [2.05, 4.69) is 17.5 Å². The molecule has 0 bridgehead atoms. The van der Waals surface area contributed by atoms with E-state index >= 15 is 0 Å². The number of carbonyl (C=O) groups excluding carboxylic acids is 1. The molecule has 1 amide bonds. The molecule has 108 valence electrons. The highest BCUT2D eigenvalue weighted by molar-refractivity contribution is 7.10. The average molecular weight is 302 g/mol. The zero-order chi connectivity index (χ0) is 14.7. The number of fused-ring (bicyclic) bond motifs is 1. The molecule has 0 aliphatic carbocycles. The van der Waals surface area contributed by atoms with E-state index in [0.29, 0.717) is 11.3 Å². The maximum atomic E-state index is 11.9. The van der Waals surface area contributed by atoms with Gasteiger partial charge in [-0.3, -0.25) is 4.79 Å². The Morgan fingerprint density at radius 2 is 2.24 bits per heavy atom. The van der Waals surface area contributed by atoms with Crippen LogP contribution in [-0.2, 0) is 6.42 Å². The SMILES string of the molecule is CCc1cc(C(=O)N/N=C/c2ccc3c(c2)OCO3)cs1. The first-order chi connectivity index (χ1) is 10.3. The van der Waals surface area contributed by atoms with Crippen molar-refractivity contribution in [1.29, 1.82) is 0 Å². The minimum Gasteiger partial charge on any atom is -0.454 e. The Morgan fingerprint density at radius 3 is 3.05 bits per heavy atom. The van der Waals surface area contributed by atoms with Crippen LogP contribution in [0.3, 0.4) is 0 Å². The first kappa shape index (κ1) is 13.6. The van der Waals surface area contributed by atoms with Gasteiger partial charge in [0.15, 0.2) is 11.5 Å². The summed E-state index contributed by atoms with van der Waals surface area (Å²) in [6, 6.07) is 7.37. The van der Waals surface area contributed by atoms with E-state index in [1.54, 1.807) is 17.6 Å². The minimum absolute atomic E-state index is 0.206. The summed E-state index contributed by atoms with van der Waals surface area (Å²) in [4.78, 5) is 13.1. The second-order valence-electron chi connectivity index (χ2n) is 4.47. The first-order valence-corrected chi connectivity index (χ1v) is 7.44. The number of rotatable bonds is 4. The number of benzene rings is 1. The predicted molar refractivity (Wildman–Crippen MR) is 81.3 cm³/mol. The number of amides is 1. The van der Waals surface area contributed by atoms with Crippen molar-refractivity contribution in [3.05, 3.63) is 45.6 Å². The molecule has 0 unspecified atom stereocenters. The van der Waals surface area contributed by atoms with Gasteiger partial charge < -0.3 is 9.47 Å². The molecule has 1 N–H and O–H groups in total. The lowest BCUT2D eigenvalue weighted by atomic mass is 10.2. The second-order valence-corrected chi connectivity index (χ2v) is 5.46. The van der Waals surface area contributed by atoms with Crippen LogP contribution >= 0.6 is 11.3 Å². The summed E-state index contributed by atoms with van der Waals surface area (Å²) in [6.45, 7) is 2.30. The largest absolute Gasteiger partial charge is 0.454 e. The zero-order valence-electron chi connectivity index (χ0n) is 11.5. The van der Waals surface area contributed by atoms with Gasteiger partial charge in [0.1, 0.15) is 0 Å². The van der Waals surface area contributed by atoms with Crippen molar-refractivity contribution < 1.29 is 14.3 Å². The first-order valence-electron chi connectivity index (χ1n) is 6.56. The molecule has 1 aromatic carbocycles. The van der Waals surface area contributed by atoms with E-state index in [1.807, 2.05) is 29.6 Å². The molecule has 1 aromatic heterocycles. The van der Waals surface area contributed by atoms with E-state index in [-0.39, 0.29) is 12.7 Å². The van der Waals surface area contributed by atoms with Gasteiger partial charge in [-0.25, -0.2) is 5.43 Å². The molecule has 0 atom stereocenters. The van der Waals surface area contributed by atoms with Crippen LogP contribution in [0.25, 0.3) is 0 Å². The average Bonchev–Trinajstić information content (AvgIpc) is 3.15. The molecule has 3 rings (SSSR count). The molecule has 0 radical (unpaired) electrons. The Balaban J connectivity index is 1.62. The lowest BCUT2D eigenvalue weighted by Crippen LogP contribution is -2.16. The highest BCUT2D eigenvalue weighted by Crippen LogP contribution is 2.31. The van der Waals surface area contributed by atoms with Gasteiger partial charge in [-0.1, -0.05) is 6.92 Å². The van der Waals surface area contributed by atoms with Gasteiger partial charge in [-0.15, -0.1) is 11.3 Å². The van der Waals surface area contributed by atoms with Crippen molar-refractivity contribution in [2.24, 2.45) is 5.10 Å². The number of ether oxygens (including phenoxy) is 2. The summed E-state index contributed by atoms with van der Waals surface area (Å²) in [6.07, 6.45) is 2.51. The van der Waals surface area contributed by atoms with Crippen LogP contribution < -0.4 is 14.9 Å². The van der Waals surface area contributed by atoms with Crippen LogP contribution in [0.5, 0.6) is 11.5 Å². The topological polar surface area (TPSA) is 59.9 Å². The molecular formula is C15H14N2O3S. The van der Waals surface area contributed by atoms with Gasteiger partial charge >= 0.3 is 0 Å². The molecule has 1 aliphatic rings. The van der Waals surface area contributed by atoms with E-state index in [4.69, 9.17) is 9.47 Å². The molecule has 0 fully saturated rings. The van der Waals surface area contributed by atoms with Crippen molar-refractivity contribution in [2.45, 2.75) is 13.3 Å². The van der Waals surface area contributed by atoms with Crippen LogP contribution in [0.1, 0.15) is 27.7 Å². The van der Waals surface area contributed by atoms with Crippen LogP contribution in [0.4, 0.5) is 0 Å². The Bertz CT molecular complexity index is 694. The molecule has 2 heterocycles. The van der Waals surface area contributed by atoms with Crippen molar-refractivity contribution in [3.63, 3.8) is 0 Å². The highest BCUT2D eigenvalue weighted by Gasteiger charge is 2.12. The number of thiophene rings is 1. The molecule has 0 spiro atoms. The number of carbonyl (C=O) groups is 1. The summed E-state index contributed by atoms with van der Waals surface area (Å²) in [7, 11) is 0. The Morgan fingerprint density at radius 1 is 1.38 bits per heavy atom. The second kappa shape index (κ2) is 5.97. The molecule has 21 heavy (non-hydrogen) atoms. The zero-order valence-corrected chi connectivity index (χ0v) is 12.3. The van der Waals surface area contributed by atoms with Crippen LogP contribution in [-0.4, -0.2) is 18.9 Å². The maximum Gasteiger partial charge on any atom is 0.272 e. The van der Waals surface area contributed by atoms with Gasteiger partial charge in [0, 0.05) is 10.3 Å². The van der Waals surface area contributed by atoms with E-state index < -0.39 is 0 Å². The third-order valence-electron chi connectivity index (χ3n) is 3.04. The lowest BCUT2D eigenvalue weighted by molar-refractivity contribution is 0.0955. The van der Waals surface area contributed by atoms with E-state index in [9.17, 15) is 4.79 Å². The lowest BCUT2D eigenvalue weighted by Gasteiger charge is -1.98. The highest BCUT2D eigenvalue weighted by atomic mass is 32.1. The fraction of sp³-hybridized carbons (Fsp3) is 0.200. The molecule has 5 nitrogen and oxygen atoms in total. The summed E-state index contributed by atoms with van der Waals surface area (Å²) in [5.41, 5.74) is 3.99. The molecule has 0 saturated carbocycles. The van der Waals surface area contributed by atoms with Crippen molar-refractivity contribution in [2.75, 3.05) is 6.79 Å². The van der Waals surface area contributed by atoms with E-state index in [1.165, 1.54) is 4.88 Å². The number of hydrogen-bond donors (Lipinski definition) is 1. The smallest absolute Gasteiger partial charge is 0.272 e. The normalized spacial score (nSPS) is 12.8.